The summed E-state index contributed by atoms with van der Waals surface area (Å²) in [4.78, 5) is 25.2. The van der Waals surface area contributed by atoms with Gasteiger partial charge in [-0.3, -0.25) is 9.59 Å². The van der Waals surface area contributed by atoms with E-state index in [0.717, 1.165) is 25.7 Å². The summed E-state index contributed by atoms with van der Waals surface area (Å²) in [6.45, 7) is 11.3. The number of hydrogen-bond acceptors (Lipinski definition) is 4. The van der Waals surface area contributed by atoms with E-state index in [4.69, 9.17) is 7.80 Å². The third-order valence-electron chi connectivity index (χ3n) is 10.3. The Balaban J connectivity index is 0.00000141. The van der Waals surface area contributed by atoms with Gasteiger partial charge >= 0.3 is 5.97 Å². The molecule has 0 radical (unpaired) electrons. The molecule has 4 fully saturated rings. The summed E-state index contributed by atoms with van der Waals surface area (Å²) < 4.78 is 10.5. The standard InChI is InChI=1S/C25H39IO4.C2H6/c1-15(5-8-22(28)29-4)18-6-7-19-23-20(10-12-25(18,19)3)24(2)11-9-17(30-26)13-16(24)14-21(23)27;1-2/h15-20,23H,5-14H2,1-4H3;1-2H3/t15-,16?,17-,18?,19?,20?,23?,24?,25?;/m1./s1. The van der Waals surface area contributed by atoms with Crippen LogP contribution in [0.1, 0.15) is 98.8 Å². The van der Waals surface area contributed by atoms with Crippen LogP contribution in [0.25, 0.3) is 0 Å². The highest BCUT2D eigenvalue weighted by Crippen LogP contribution is 2.67. The molecule has 0 amide bonds. The van der Waals surface area contributed by atoms with Gasteiger partial charge < -0.3 is 7.80 Å². The lowest BCUT2D eigenvalue weighted by Crippen LogP contribution is -2.57. The number of methoxy groups -OCH3 is 1. The normalized spacial score (nSPS) is 43.8. The van der Waals surface area contributed by atoms with Crippen LogP contribution < -0.4 is 0 Å². The Morgan fingerprint density at radius 1 is 1.09 bits per heavy atom. The summed E-state index contributed by atoms with van der Waals surface area (Å²) in [5.41, 5.74) is 0.554. The molecule has 4 saturated carbocycles. The average Bonchev–Trinajstić information content (AvgIpc) is 3.16. The fourth-order valence-electron chi connectivity index (χ4n) is 8.60. The van der Waals surface area contributed by atoms with Crippen LogP contribution in [0.5, 0.6) is 0 Å². The van der Waals surface area contributed by atoms with E-state index in [-0.39, 0.29) is 17.3 Å². The molecule has 0 saturated heterocycles. The first kappa shape index (κ1) is 26.4. The van der Waals surface area contributed by atoms with Gasteiger partial charge in [0.2, 0.25) is 0 Å². The maximum atomic E-state index is 13.5. The lowest BCUT2D eigenvalue weighted by Gasteiger charge is -2.60. The molecule has 184 valence electrons. The number of carbonyl (C=O) groups excluding carboxylic acids is 2. The third-order valence-corrected chi connectivity index (χ3v) is 11.1. The zero-order valence-electron chi connectivity index (χ0n) is 21.1. The number of Topliss-reactive ketones (excluding diaryl/α,β-unsaturated/α-hetero) is 1. The van der Waals surface area contributed by atoms with E-state index in [0.29, 0.717) is 53.3 Å². The van der Waals surface area contributed by atoms with Gasteiger partial charge in [-0.25, -0.2) is 0 Å². The lowest BCUT2D eigenvalue weighted by molar-refractivity contribution is -0.159. The minimum absolute atomic E-state index is 0.0993. The van der Waals surface area contributed by atoms with Gasteiger partial charge in [-0.05, 0) is 91.8 Å². The fourth-order valence-corrected chi connectivity index (χ4v) is 9.06. The molecular weight excluding hydrogens is 515 g/mol. The van der Waals surface area contributed by atoms with E-state index < -0.39 is 0 Å². The first-order valence-corrected chi connectivity index (χ1v) is 14.0. The highest BCUT2D eigenvalue weighted by molar-refractivity contribution is 14.1. The van der Waals surface area contributed by atoms with Crippen molar-refractivity contribution in [1.82, 2.24) is 0 Å². The van der Waals surface area contributed by atoms with Gasteiger partial charge in [0.15, 0.2) is 0 Å². The van der Waals surface area contributed by atoms with Gasteiger partial charge in [0.25, 0.3) is 0 Å². The van der Waals surface area contributed by atoms with Crippen LogP contribution >= 0.6 is 23.0 Å². The molecule has 4 nitrogen and oxygen atoms in total. The Morgan fingerprint density at radius 3 is 2.41 bits per heavy atom. The highest BCUT2D eigenvalue weighted by Gasteiger charge is 2.63. The monoisotopic (exact) mass is 560 g/mol. The minimum Gasteiger partial charge on any atom is -0.469 e. The molecule has 0 N–H and O–H groups in total. The van der Waals surface area contributed by atoms with Crippen LogP contribution in [0.3, 0.4) is 0 Å². The summed E-state index contributed by atoms with van der Waals surface area (Å²) in [6, 6.07) is 0. The summed E-state index contributed by atoms with van der Waals surface area (Å²) in [6.07, 6.45) is 10.8. The summed E-state index contributed by atoms with van der Waals surface area (Å²) in [7, 11) is 1.48. The van der Waals surface area contributed by atoms with E-state index in [1.807, 2.05) is 36.9 Å². The number of fused-ring (bicyclic) bond motifs is 5. The molecule has 4 aliphatic rings. The molecule has 0 aromatic heterocycles. The largest absolute Gasteiger partial charge is 0.469 e. The van der Waals surface area contributed by atoms with Crippen LogP contribution in [0.4, 0.5) is 0 Å². The number of halogens is 1. The van der Waals surface area contributed by atoms with Crippen molar-refractivity contribution in [3.63, 3.8) is 0 Å². The van der Waals surface area contributed by atoms with Crippen LogP contribution in [-0.2, 0) is 17.4 Å². The molecule has 32 heavy (non-hydrogen) atoms. The van der Waals surface area contributed by atoms with E-state index in [1.54, 1.807) is 0 Å². The highest BCUT2D eigenvalue weighted by atomic mass is 127. The quantitative estimate of drug-likeness (QED) is 0.264. The molecule has 0 aromatic carbocycles. The predicted molar refractivity (Wildman–Crippen MR) is 136 cm³/mol. The van der Waals surface area contributed by atoms with Crippen molar-refractivity contribution in [2.45, 2.75) is 105 Å². The smallest absolute Gasteiger partial charge is 0.305 e. The molecule has 9 atom stereocenters. The number of carbonyl (C=O) groups is 2. The Labute approximate surface area is 210 Å². The molecular formula is C27H45IO4. The van der Waals surface area contributed by atoms with E-state index in [1.165, 1.54) is 39.2 Å². The molecule has 0 spiro atoms. The van der Waals surface area contributed by atoms with Gasteiger partial charge in [-0.1, -0.05) is 34.6 Å². The Morgan fingerprint density at radius 2 is 1.75 bits per heavy atom. The van der Waals surface area contributed by atoms with Gasteiger partial charge in [-0.2, -0.15) is 0 Å². The van der Waals surface area contributed by atoms with Gasteiger partial charge in [0.1, 0.15) is 28.8 Å². The van der Waals surface area contributed by atoms with Crippen molar-refractivity contribution >= 4 is 34.8 Å². The number of rotatable bonds is 5. The second-order valence-corrected chi connectivity index (χ2v) is 11.9. The predicted octanol–water partition coefficient (Wildman–Crippen LogP) is 7.18. The maximum Gasteiger partial charge on any atom is 0.305 e. The van der Waals surface area contributed by atoms with E-state index >= 15 is 0 Å². The van der Waals surface area contributed by atoms with Gasteiger partial charge in [-0.15, -0.1) is 0 Å². The van der Waals surface area contributed by atoms with Crippen molar-refractivity contribution in [3.8, 4) is 0 Å². The Kier molecular flexibility index (Phi) is 8.77. The number of ether oxygens (including phenoxy) is 1. The molecule has 0 heterocycles. The second kappa shape index (κ2) is 10.6. The minimum atomic E-state index is -0.0993. The van der Waals surface area contributed by atoms with Crippen LogP contribution in [0.15, 0.2) is 0 Å². The van der Waals surface area contributed by atoms with Crippen LogP contribution in [-0.4, -0.2) is 25.0 Å². The first-order chi connectivity index (χ1) is 15.2. The van der Waals surface area contributed by atoms with Crippen molar-refractivity contribution in [2.24, 2.45) is 46.3 Å². The molecule has 4 rings (SSSR count). The Bertz CT molecular complexity index is 681. The average molecular weight is 561 g/mol. The summed E-state index contributed by atoms with van der Waals surface area (Å²) in [5.74, 6) is 3.43. The van der Waals surface area contributed by atoms with E-state index in [2.05, 4.69) is 20.8 Å². The van der Waals surface area contributed by atoms with Gasteiger partial charge in [0.05, 0.1) is 13.2 Å². The maximum absolute atomic E-state index is 13.5. The number of ketones is 1. The molecule has 0 aromatic rings. The molecule has 0 bridgehead atoms. The van der Waals surface area contributed by atoms with Crippen molar-refractivity contribution in [1.29, 1.82) is 0 Å². The van der Waals surface area contributed by atoms with Crippen molar-refractivity contribution in [3.05, 3.63) is 0 Å². The van der Waals surface area contributed by atoms with Crippen molar-refractivity contribution < 1.29 is 17.4 Å². The fraction of sp³-hybridized carbons (Fsp3) is 0.926. The number of esters is 1. The molecule has 7 unspecified atom stereocenters. The Hall–Kier alpha value is -0.170. The van der Waals surface area contributed by atoms with Crippen LogP contribution in [0.2, 0.25) is 0 Å². The van der Waals surface area contributed by atoms with Crippen LogP contribution in [0, 0.1) is 46.3 Å². The second-order valence-electron chi connectivity index (χ2n) is 11.4. The van der Waals surface area contributed by atoms with Gasteiger partial charge in [0, 0.05) is 18.8 Å². The summed E-state index contributed by atoms with van der Waals surface area (Å²) in [5, 5.41) is 0. The van der Waals surface area contributed by atoms with E-state index in [9.17, 15) is 9.59 Å². The van der Waals surface area contributed by atoms with Crippen molar-refractivity contribution in [2.75, 3.05) is 7.11 Å². The zero-order chi connectivity index (χ0) is 23.7. The molecule has 0 aliphatic heterocycles. The first-order valence-electron chi connectivity index (χ1n) is 13.1. The third kappa shape index (κ3) is 4.55. The molecule has 4 aliphatic carbocycles. The SMILES string of the molecule is CC.COC(=O)CC[C@@H](C)C1CCC2C3C(=O)CC4C[C@H](OI)CCC4(C)C3CCC21C. The summed E-state index contributed by atoms with van der Waals surface area (Å²) >= 11 is 2.05. The molecule has 5 heteroatoms. The lowest BCUT2D eigenvalue weighted by atomic mass is 9.44. The topological polar surface area (TPSA) is 52.6 Å². The zero-order valence-corrected chi connectivity index (χ0v) is 23.3. The number of hydrogen-bond donors (Lipinski definition) is 0.